The molecule has 3 rings (SSSR count). The Labute approximate surface area is 93.5 Å². The molecule has 1 aromatic heterocycles. The maximum Gasteiger partial charge on any atom is 0.142 e. The van der Waals surface area contributed by atoms with E-state index in [1.165, 1.54) is 0 Å². The van der Waals surface area contributed by atoms with Gasteiger partial charge in [0, 0.05) is 16.7 Å². The number of ketones is 1. The third kappa shape index (κ3) is 1.69. The number of nitrogens with zero attached hydrogens (tertiary/aromatic N) is 2. The van der Waals surface area contributed by atoms with Crippen LogP contribution in [0, 0.1) is 5.92 Å². The van der Waals surface area contributed by atoms with Crippen molar-refractivity contribution in [3.8, 4) is 0 Å². The quantitative estimate of drug-likeness (QED) is 0.783. The Balaban J connectivity index is 1.99. The average Bonchev–Trinajstić information content (AvgIpc) is 3.13. The van der Waals surface area contributed by atoms with E-state index in [-0.39, 0.29) is 0 Å². The molecule has 0 spiro atoms. The Morgan fingerprint density at radius 1 is 1.31 bits per heavy atom. The molecule has 0 radical (unpaired) electrons. The molecule has 0 unspecified atom stereocenters. The molecule has 0 aliphatic heterocycles. The van der Waals surface area contributed by atoms with Crippen molar-refractivity contribution in [2.45, 2.75) is 19.3 Å². The SMILES string of the molecule is O=C(Cc1nncc2ccccc12)C1CC1. The number of hydrogen-bond acceptors (Lipinski definition) is 3. The number of carbonyl (C=O) groups is 1. The number of rotatable bonds is 3. The Bertz CT molecular complexity index is 541. The van der Waals surface area contributed by atoms with Gasteiger partial charge in [-0.3, -0.25) is 4.79 Å². The van der Waals surface area contributed by atoms with Crippen LogP contribution in [0.4, 0.5) is 0 Å². The Kier molecular flexibility index (Phi) is 2.17. The Hall–Kier alpha value is -1.77. The van der Waals surface area contributed by atoms with Gasteiger partial charge in [-0.15, -0.1) is 0 Å². The third-order valence-electron chi connectivity index (χ3n) is 3.02. The molecule has 0 saturated heterocycles. The molecular weight excluding hydrogens is 200 g/mol. The van der Waals surface area contributed by atoms with Crippen molar-refractivity contribution >= 4 is 16.6 Å². The summed E-state index contributed by atoms with van der Waals surface area (Å²) in [4.78, 5) is 11.8. The maximum atomic E-state index is 11.8. The van der Waals surface area contributed by atoms with Gasteiger partial charge >= 0.3 is 0 Å². The van der Waals surface area contributed by atoms with E-state index in [4.69, 9.17) is 0 Å². The van der Waals surface area contributed by atoms with Crippen molar-refractivity contribution in [1.82, 2.24) is 10.2 Å². The molecule has 0 N–H and O–H groups in total. The minimum absolute atomic E-state index is 0.292. The van der Waals surface area contributed by atoms with Crippen LogP contribution in [0.3, 0.4) is 0 Å². The van der Waals surface area contributed by atoms with Gasteiger partial charge in [-0.05, 0) is 12.8 Å². The second-order valence-corrected chi connectivity index (χ2v) is 4.30. The lowest BCUT2D eigenvalue weighted by Crippen LogP contribution is -2.07. The Morgan fingerprint density at radius 2 is 2.12 bits per heavy atom. The van der Waals surface area contributed by atoms with Crippen LogP contribution in [0.25, 0.3) is 10.8 Å². The first kappa shape index (κ1) is 9.46. The molecule has 80 valence electrons. The van der Waals surface area contributed by atoms with Gasteiger partial charge in [-0.1, -0.05) is 24.3 Å². The van der Waals surface area contributed by atoms with Crippen LogP contribution in [-0.4, -0.2) is 16.0 Å². The van der Waals surface area contributed by atoms with Gasteiger partial charge in [-0.2, -0.15) is 10.2 Å². The van der Waals surface area contributed by atoms with E-state index < -0.39 is 0 Å². The molecule has 1 aliphatic rings. The highest BCUT2D eigenvalue weighted by atomic mass is 16.1. The third-order valence-corrected chi connectivity index (χ3v) is 3.02. The van der Waals surface area contributed by atoms with Gasteiger partial charge in [0.25, 0.3) is 0 Å². The summed E-state index contributed by atoms with van der Waals surface area (Å²) in [5.41, 5.74) is 0.815. The zero-order chi connectivity index (χ0) is 11.0. The molecule has 1 aliphatic carbocycles. The molecule has 1 aromatic carbocycles. The smallest absolute Gasteiger partial charge is 0.142 e. The van der Waals surface area contributed by atoms with E-state index >= 15 is 0 Å². The molecular formula is C13H12N2O. The van der Waals surface area contributed by atoms with Gasteiger partial charge < -0.3 is 0 Å². The Morgan fingerprint density at radius 3 is 2.94 bits per heavy atom. The normalized spacial score (nSPS) is 15.2. The van der Waals surface area contributed by atoms with Crippen LogP contribution in [0.2, 0.25) is 0 Å². The molecule has 0 amide bonds. The van der Waals surface area contributed by atoms with Crippen LogP contribution in [0.5, 0.6) is 0 Å². The number of fused-ring (bicyclic) bond motifs is 1. The second kappa shape index (κ2) is 3.67. The highest BCUT2D eigenvalue weighted by Gasteiger charge is 2.29. The second-order valence-electron chi connectivity index (χ2n) is 4.30. The monoisotopic (exact) mass is 212 g/mol. The first-order chi connectivity index (χ1) is 7.84. The summed E-state index contributed by atoms with van der Waals surface area (Å²) in [6, 6.07) is 7.93. The predicted molar refractivity (Wildman–Crippen MR) is 61.0 cm³/mol. The van der Waals surface area contributed by atoms with Gasteiger partial charge in [0.1, 0.15) is 5.78 Å². The number of aromatic nitrogens is 2. The largest absolute Gasteiger partial charge is 0.299 e. The lowest BCUT2D eigenvalue weighted by atomic mass is 10.1. The lowest BCUT2D eigenvalue weighted by Gasteiger charge is -2.02. The van der Waals surface area contributed by atoms with E-state index in [1.807, 2.05) is 24.3 Å². The van der Waals surface area contributed by atoms with Crippen LogP contribution in [-0.2, 0) is 11.2 Å². The highest BCUT2D eigenvalue weighted by molar-refractivity contribution is 5.90. The van der Waals surface area contributed by atoms with E-state index in [2.05, 4.69) is 10.2 Å². The summed E-state index contributed by atoms with van der Waals surface area (Å²) in [5, 5.41) is 10.1. The van der Waals surface area contributed by atoms with Crippen molar-refractivity contribution in [2.75, 3.05) is 0 Å². The standard InChI is InChI=1S/C13H12N2O/c16-13(9-5-6-9)7-12-11-4-2-1-3-10(11)8-14-15-12/h1-4,8-9H,5-7H2. The molecule has 3 nitrogen and oxygen atoms in total. The zero-order valence-electron chi connectivity index (χ0n) is 8.89. The van der Waals surface area contributed by atoms with Gasteiger partial charge in [0.2, 0.25) is 0 Å². The van der Waals surface area contributed by atoms with Gasteiger partial charge in [0.15, 0.2) is 0 Å². The van der Waals surface area contributed by atoms with E-state index in [1.54, 1.807) is 6.20 Å². The van der Waals surface area contributed by atoms with Crippen LogP contribution >= 0.6 is 0 Å². The molecule has 1 saturated carbocycles. The summed E-state index contributed by atoms with van der Waals surface area (Å²) in [7, 11) is 0. The van der Waals surface area contributed by atoms with Crippen molar-refractivity contribution in [1.29, 1.82) is 0 Å². The van der Waals surface area contributed by atoms with Crippen LogP contribution in [0.1, 0.15) is 18.5 Å². The summed E-state index contributed by atoms with van der Waals surface area (Å²) in [6.45, 7) is 0. The summed E-state index contributed by atoms with van der Waals surface area (Å²) >= 11 is 0. The molecule has 2 aromatic rings. The topological polar surface area (TPSA) is 42.9 Å². The first-order valence-corrected chi connectivity index (χ1v) is 5.56. The lowest BCUT2D eigenvalue weighted by molar-refractivity contribution is -0.119. The van der Waals surface area contributed by atoms with E-state index in [9.17, 15) is 4.79 Å². The van der Waals surface area contributed by atoms with Gasteiger partial charge in [0.05, 0.1) is 18.3 Å². The minimum atomic E-state index is 0.292. The van der Waals surface area contributed by atoms with Crippen molar-refractivity contribution in [3.63, 3.8) is 0 Å². The predicted octanol–water partition coefficient (Wildman–Crippen LogP) is 2.15. The fraction of sp³-hybridized carbons (Fsp3) is 0.308. The van der Waals surface area contributed by atoms with Crippen molar-refractivity contribution in [3.05, 3.63) is 36.2 Å². The molecule has 3 heteroatoms. The number of hydrogen-bond donors (Lipinski definition) is 0. The average molecular weight is 212 g/mol. The molecule has 16 heavy (non-hydrogen) atoms. The van der Waals surface area contributed by atoms with Crippen LogP contribution in [0.15, 0.2) is 30.5 Å². The first-order valence-electron chi connectivity index (χ1n) is 5.56. The fourth-order valence-corrected chi connectivity index (χ4v) is 1.93. The minimum Gasteiger partial charge on any atom is -0.299 e. The number of benzene rings is 1. The summed E-state index contributed by atoms with van der Waals surface area (Å²) < 4.78 is 0. The maximum absolute atomic E-state index is 11.8. The fourth-order valence-electron chi connectivity index (χ4n) is 1.93. The molecule has 1 heterocycles. The van der Waals surface area contributed by atoms with Crippen LogP contribution < -0.4 is 0 Å². The molecule has 1 fully saturated rings. The zero-order valence-corrected chi connectivity index (χ0v) is 8.89. The van der Waals surface area contributed by atoms with Crippen molar-refractivity contribution in [2.24, 2.45) is 5.92 Å². The van der Waals surface area contributed by atoms with E-state index in [0.29, 0.717) is 18.1 Å². The van der Waals surface area contributed by atoms with Crippen molar-refractivity contribution < 1.29 is 4.79 Å². The van der Waals surface area contributed by atoms with E-state index in [0.717, 1.165) is 29.3 Å². The summed E-state index contributed by atoms with van der Waals surface area (Å²) in [6.07, 6.45) is 4.27. The molecule has 0 bridgehead atoms. The number of Topliss-reactive ketones (excluding diaryl/α,β-unsaturated/α-hetero) is 1. The number of carbonyl (C=O) groups excluding carboxylic acids is 1. The highest BCUT2D eigenvalue weighted by Crippen LogP contribution is 2.31. The van der Waals surface area contributed by atoms with Gasteiger partial charge in [-0.25, -0.2) is 0 Å². The molecule has 0 atom stereocenters. The summed E-state index contributed by atoms with van der Waals surface area (Å²) in [5.74, 6) is 0.603.